The van der Waals surface area contributed by atoms with Crippen molar-refractivity contribution in [3.8, 4) is 0 Å². The van der Waals surface area contributed by atoms with Crippen molar-refractivity contribution in [2.75, 3.05) is 36.5 Å². The van der Waals surface area contributed by atoms with Crippen molar-refractivity contribution in [3.63, 3.8) is 0 Å². The third-order valence-electron chi connectivity index (χ3n) is 3.35. The summed E-state index contributed by atoms with van der Waals surface area (Å²) in [5.41, 5.74) is 3.23. The summed E-state index contributed by atoms with van der Waals surface area (Å²) in [4.78, 5) is 13.6. The number of morpholine rings is 1. The first-order chi connectivity index (χ1) is 9.08. The Balaban J connectivity index is 2.31. The molecule has 1 fully saturated rings. The van der Waals surface area contributed by atoms with Crippen LogP contribution in [0.3, 0.4) is 0 Å². The van der Waals surface area contributed by atoms with E-state index in [2.05, 4.69) is 42.3 Å². The van der Waals surface area contributed by atoms with E-state index in [-0.39, 0.29) is 5.91 Å². The number of anilines is 2. The van der Waals surface area contributed by atoms with E-state index in [0.717, 1.165) is 37.7 Å². The molecule has 0 saturated carbocycles. The summed E-state index contributed by atoms with van der Waals surface area (Å²) in [6.45, 7) is 9.08. The molecule has 1 aliphatic rings. The normalized spacial score (nSPS) is 15.7. The predicted octanol–water partition coefficient (Wildman–Crippen LogP) is 2.61. The van der Waals surface area contributed by atoms with Gasteiger partial charge in [-0.3, -0.25) is 4.79 Å². The number of rotatable bonds is 3. The average molecular weight is 262 g/mol. The minimum absolute atomic E-state index is 0.0320. The Hall–Kier alpha value is -1.55. The number of carbonyl (C=O) groups is 1. The van der Waals surface area contributed by atoms with E-state index in [1.807, 2.05) is 0 Å². The van der Waals surface area contributed by atoms with Crippen LogP contribution in [0.5, 0.6) is 0 Å². The molecule has 0 bridgehead atoms. The zero-order chi connectivity index (χ0) is 13.8. The van der Waals surface area contributed by atoms with Crippen molar-refractivity contribution in [2.45, 2.75) is 26.7 Å². The summed E-state index contributed by atoms with van der Waals surface area (Å²) in [5, 5.41) is 2.94. The molecule has 0 spiro atoms. The van der Waals surface area contributed by atoms with Crippen molar-refractivity contribution >= 4 is 17.3 Å². The van der Waals surface area contributed by atoms with E-state index in [1.54, 1.807) is 6.92 Å². The van der Waals surface area contributed by atoms with Crippen LogP contribution in [-0.2, 0) is 9.53 Å². The number of hydrogen-bond donors (Lipinski definition) is 1. The molecular formula is C15H22N2O2. The lowest BCUT2D eigenvalue weighted by Gasteiger charge is -2.31. The van der Waals surface area contributed by atoms with E-state index in [0.29, 0.717) is 5.92 Å². The Morgan fingerprint density at radius 1 is 1.32 bits per heavy atom. The predicted molar refractivity (Wildman–Crippen MR) is 77.9 cm³/mol. The molecule has 104 valence electrons. The second-order valence-corrected chi connectivity index (χ2v) is 5.21. The highest BCUT2D eigenvalue weighted by atomic mass is 16.5. The second kappa shape index (κ2) is 6.06. The lowest BCUT2D eigenvalue weighted by atomic mass is 10.0. The zero-order valence-electron chi connectivity index (χ0n) is 11.9. The first kappa shape index (κ1) is 13.9. The summed E-state index contributed by atoms with van der Waals surface area (Å²) in [5.74, 6) is 0.418. The highest BCUT2D eigenvalue weighted by molar-refractivity contribution is 5.93. The largest absolute Gasteiger partial charge is 0.378 e. The van der Waals surface area contributed by atoms with Gasteiger partial charge in [0.05, 0.1) is 24.6 Å². The van der Waals surface area contributed by atoms with Crippen molar-refractivity contribution in [3.05, 3.63) is 23.8 Å². The van der Waals surface area contributed by atoms with Gasteiger partial charge in [0.15, 0.2) is 0 Å². The minimum Gasteiger partial charge on any atom is -0.378 e. The van der Waals surface area contributed by atoms with E-state index in [4.69, 9.17) is 4.74 Å². The SMILES string of the molecule is CC(=O)Nc1cc(C(C)C)ccc1N1CCOCC1. The molecule has 0 atom stereocenters. The molecule has 1 heterocycles. The Bertz CT molecular complexity index is 451. The Labute approximate surface area is 114 Å². The van der Waals surface area contributed by atoms with Crippen molar-refractivity contribution in [1.29, 1.82) is 0 Å². The molecule has 1 aliphatic heterocycles. The molecule has 19 heavy (non-hydrogen) atoms. The topological polar surface area (TPSA) is 41.6 Å². The lowest BCUT2D eigenvalue weighted by Crippen LogP contribution is -2.36. The maximum atomic E-state index is 11.4. The molecule has 4 nitrogen and oxygen atoms in total. The third kappa shape index (κ3) is 3.47. The molecule has 1 aromatic rings. The van der Waals surface area contributed by atoms with Gasteiger partial charge in [-0.2, -0.15) is 0 Å². The number of amides is 1. The molecule has 0 radical (unpaired) electrons. The lowest BCUT2D eigenvalue weighted by molar-refractivity contribution is -0.114. The molecular weight excluding hydrogens is 240 g/mol. The van der Waals surface area contributed by atoms with Gasteiger partial charge in [-0.15, -0.1) is 0 Å². The number of hydrogen-bond acceptors (Lipinski definition) is 3. The number of carbonyl (C=O) groups excluding carboxylic acids is 1. The van der Waals surface area contributed by atoms with Crippen LogP contribution in [0.25, 0.3) is 0 Å². The van der Waals surface area contributed by atoms with Crippen molar-refractivity contribution in [1.82, 2.24) is 0 Å². The van der Waals surface area contributed by atoms with Crippen LogP contribution >= 0.6 is 0 Å². The quantitative estimate of drug-likeness (QED) is 0.910. The summed E-state index contributed by atoms with van der Waals surface area (Å²) >= 11 is 0. The molecule has 1 aromatic carbocycles. The van der Waals surface area contributed by atoms with Gasteiger partial charge >= 0.3 is 0 Å². The number of nitrogens with one attached hydrogen (secondary N) is 1. The van der Waals surface area contributed by atoms with Gasteiger partial charge in [-0.25, -0.2) is 0 Å². The van der Waals surface area contributed by atoms with Crippen molar-refractivity contribution in [2.24, 2.45) is 0 Å². The third-order valence-corrected chi connectivity index (χ3v) is 3.35. The second-order valence-electron chi connectivity index (χ2n) is 5.21. The molecule has 0 aromatic heterocycles. The fraction of sp³-hybridized carbons (Fsp3) is 0.533. The first-order valence-corrected chi connectivity index (χ1v) is 6.82. The summed E-state index contributed by atoms with van der Waals surface area (Å²) in [6, 6.07) is 6.32. The van der Waals surface area contributed by atoms with Crippen LogP contribution in [0.4, 0.5) is 11.4 Å². The molecule has 2 rings (SSSR count). The van der Waals surface area contributed by atoms with Gasteiger partial charge in [0.1, 0.15) is 0 Å². The van der Waals surface area contributed by atoms with Gasteiger partial charge in [-0.1, -0.05) is 19.9 Å². The maximum Gasteiger partial charge on any atom is 0.221 e. The molecule has 0 aliphatic carbocycles. The number of benzene rings is 1. The van der Waals surface area contributed by atoms with Crippen LogP contribution in [-0.4, -0.2) is 32.2 Å². The van der Waals surface area contributed by atoms with Crippen molar-refractivity contribution < 1.29 is 9.53 Å². The van der Waals surface area contributed by atoms with Crippen LogP contribution < -0.4 is 10.2 Å². The van der Waals surface area contributed by atoms with E-state index in [1.165, 1.54) is 5.56 Å². The van der Waals surface area contributed by atoms with Crippen LogP contribution in [0, 0.1) is 0 Å². The maximum absolute atomic E-state index is 11.4. The number of nitrogens with zero attached hydrogens (tertiary/aromatic N) is 1. The summed E-state index contributed by atoms with van der Waals surface area (Å²) < 4.78 is 5.38. The van der Waals surface area contributed by atoms with Gasteiger partial charge in [-0.05, 0) is 23.6 Å². The van der Waals surface area contributed by atoms with Gasteiger partial charge in [0, 0.05) is 20.0 Å². The van der Waals surface area contributed by atoms with E-state index < -0.39 is 0 Å². The molecule has 1 N–H and O–H groups in total. The summed E-state index contributed by atoms with van der Waals surface area (Å²) in [6.07, 6.45) is 0. The minimum atomic E-state index is -0.0320. The zero-order valence-corrected chi connectivity index (χ0v) is 11.9. The van der Waals surface area contributed by atoms with Crippen LogP contribution in [0.15, 0.2) is 18.2 Å². The highest BCUT2D eigenvalue weighted by Crippen LogP contribution is 2.30. The molecule has 4 heteroatoms. The average Bonchev–Trinajstić information content (AvgIpc) is 2.39. The smallest absolute Gasteiger partial charge is 0.221 e. The van der Waals surface area contributed by atoms with Crippen LogP contribution in [0.2, 0.25) is 0 Å². The van der Waals surface area contributed by atoms with Gasteiger partial charge in [0.2, 0.25) is 5.91 Å². The molecule has 1 amide bonds. The first-order valence-electron chi connectivity index (χ1n) is 6.82. The Morgan fingerprint density at radius 2 is 2.00 bits per heavy atom. The Kier molecular flexibility index (Phi) is 4.43. The monoisotopic (exact) mass is 262 g/mol. The molecule has 1 saturated heterocycles. The summed E-state index contributed by atoms with van der Waals surface area (Å²) in [7, 11) is 0. The number of ether oxygens (including phenoxy) is 1. The van der Waals surface area contributed by atoms with E-state index >= 15 is 0 Å². The van der Waals surface area contributed by atoms with E-state index in [9.17, 15) is 4.79 Å². The standard InChI is InChI=1S/C15H22N2O2/c1-11(2)13-4-5-15(14(10-13)16-12(3)18)17-6-8-19-9-7-17/h4-5,10-11H,6-9H2,1-3H3,(H,16,18). The van der Waals surface area contributed by atoms with Gasteiger partial charge in [0.25, 0.3) is 0 Å². The highest BCUT2D eigenvalue weighted by Gasteiger charge is 2.16. The fourth-order valence-corrected chi connectivity index (χ4v) is 2.28. The fourth-order valence-electron chi connectivity index (χ4n) is 2.28. The Morgan fingerprint density at radius 3 is 2.58 bits per heavy atom. The molecule has 0 unspecified atom stereocenters. The van der Waals surface area contributed by atoms with Gasteiger partial charge < -0.3 is 15.0 Å². The van der Waals surface area contributed by atoms with Crippen LogP contribution in [0.1, 0.15) is 32.3 Å².